The van der Waals surface area contributed by atoms with Gasteiger partial charge in [-0.15, -0.1) is 0 Å². The van der Waals surface area contributed by atoms with Gasteiger partial charge in [-0.3, -0.25) is 4.79 Å². The molecule has 0 unspecified atom stereocenters. The van der Waals surface area contributed by atoms with Crippen LogP contribution >= 0.6 is 0 Å². The van der Waals surface area contributed by atoms with Crippen molar-refractivity contribution in [2.24, 2.45) is 0 Å². The number of carbonyl (C=O) groups excluding carboxylic acids is 1. The summed E-state index contributed by atoms with van der Waals surface area (Å²) in [6.07, 6.45) is -1.41. The summed E-state index contributed by atoms with van der Waals surface area (Å²) in [5.74, 6) is -0.234. The topological polar surface area (TPSA) is 54.9 Å². The number of hydrogen-bond acceptors (Lipinski definition) is 3. The van der Waals surface area contributed by atoms with Crippen molar-refractivity contribution in [3.63, 3.8) is 0 Å². The first kappa shape index (κ1) is 19.5. The largest absolute Gasteiger partial charge is 0.416 e. The van der Waals surface area contributed by atoms with Crippen molar-refractivity contribution in [1.82, 2.24) is 9.97 Å². The Hall–Kier alpha value is -3.22. The number of rotatable bonds is 4. The molecule has 0 bridgehead atoms. The second-order valence-electron chi connectivity index (χ2n) is 6.59. The molecule has 0 atom stereocenters. The SMILES string of the molecule is CC(C)c1ncncc1NC(=O)c1cccc(-c2ccc(C(F)(F)F)cc2)c1. The van der Waals surface area contributed by atoms with Crippen LogP contribution in [0.4, 0.5) is 18.9 Å². The standard InChI is InChI=1S/C21H18F3N3O/c1-13(2)19-18(11-25-12-26-19)27-20(28)16-5-3-4-15(10-16)14-6-8-17(9-7-14)21(22,23)24/h3-13H,1-2H3,(H,27,28). The first-order valence-electron chi connectivity index (χ1n) is 8.64. The van der Waals surface area contributed by atoms with E-state index in [4.69, 9.17) is 0 Å². The summed E-state index contributed by atoms with van der Waals surface area (Å²) in [6, 6.07) is 11.5. The van der Waals surface area contributed by atoms with Crippen LogP contribution in [0.2, 0.25) is 0 Å². The number of nitrogens with one attached hydrogen (secondary N) is 1. The molecule has 2 aromatic carbocycles. The van der Waals surface area contributed by atoms with Gasteiger partial charge in [0, 0.05) is 5.56 Å². The van der Waals surface area contributed by atoms with E-state index in [2.05, 4.69) is 15.3 Å². The van der Waals surface area contributed by atoms with E-state index in [1.807, 2.05) is 13.8 Å². The Labute approximate surface area is 160 Å². The Morgan fingerprint density at radius 3 is 2.39 bits per heavy atom. The molecule has 0 spiro atoms. The summed E-state index contributed by atoms with van der Waals surface area (Å²) in [5.41, 5.74) is 2.17. The van der Waals surface area contributed by atoms with Crippen LogP contribution in [0.15, 0.2) is 61.1 Å². The Balaban J connectivity index is 1.84. The van der Waals surface area contributed by atoms with E-state index in [-0.39, 0.29) is 11.8 Å². The number of amides is 1. The van der Waals surface area contributed by atoms with Crippen molar-refractivity contribution in [2.75, 3.05) is 5.32 Å². The highest BCUT2D eigenvalue weighted by atomic mass is 19.4. The molecule has 0 radical (unpaired) electrons. The third kappa shape index (κ3) is 4.36. The molecule has 0 fully saturated rings. The minimum atomic E-state index is -4.38. The fourth-order valence-corrected chi connectivity index (χ4v) is 2.78. The van der Waals surface area contributed by atoms with Crippen molar-refractivity contribution >= 4 is 11.6 Å². The predicted molar refractivity (Wildman–Crippen MR) is 101 cm³/mol. The Kier molecular flexibility index (Phi) is 5.44. The van der Waals surface area contributed by atoms with Gasteiger partial charge in [-0.2, -0.15) is 13.2 Å². The monoisotopic (exact) mass is 385 g/mol. The lowest BCUT2D eigenvalue weighted by Gasteiger charge is -2.12. The van der Waals surface area contributed by atoms with E-state index in [0.29, 0.717) is 22.4 Å². The summed E-state index contributed by atoms with van der Waals surface area (Å²) in [5, 5.41) is 2.80. The Morgan fingerprint density at radius 1 is 1.04 bits per heavy atom. The molecule has 1 amide bonds. The molecule has 0 aliphatic rings. The van der Waals surface area contributed by atoms with Gasteiger partial charge in [0.2, 0.25) is 0 Å². The van der Waals surface area contributed by atoms with Gasteiger partial charge in [-0.05, 0) is 41.3 Å². The van der Waals surface area contributed by atoms with E-state index in [9.17, 15) is 18.0 Å². The van der Waals surface area contributed by atoms with Gasteiger partial charge < -0.3 is 5.32 Å². The zero-order valence-electron chi connectivity index (χ0n) is 15.3. The van der Waals surface area contributed by atoms with Gasteiger partial charge in [0.15, 0.2) is 0 Å². The molecule has 0 aliphatic carbocycles. The van der Waals surface area contributed by atoms with E-state index < -0.39 is 11.7 Å². The maximum Gasteiger partial charge on any atom is 0.416 e. The van der Waals surface area contributed by atoms with Gasteiger partial charge in [-0.1, -0.05) is 38.1 Å². The normalized spacial score (nSPS) is 11.5. The number of aromatic nitrogens is 2. The van der Waals surface area contributed by atoms with Gasteiger partial charge in [-0.25, -0.2) is 9.97 Å². The van der Waals surface area contributed by atoms with E-state index in [1.165, 1.54) is 18.5 Å². The molecule has 7 heteroatoms. The van der Waals surface area contributed by atoms with Crippen LogP contribution in [0, 0.1) is 0 Å². The molecule has 28 heavy (non-hydrogen) atoms. The first-order chi connectivity index (χ1) is 13.3. The molecule has 3 rings (SSSR count). The summed E-state index contributed by atoms with van der Waals surface area (Å²) in [6.45, 7) is 3.92. The van der Waals surface area contributed by atoms with Gasteiger partial charge in [0.25, 0.3) is 5.91 Å². The van der Waals surface area contributed by atoms with Crippen LogP contribution in [0.5, 0.6) is 0 Å². The van der Waals surface area contributed by atoms with Gasteiger partial charge in [0.05, 0.1) is 23.1 Å². The van der Waals surface area contributed by atoms with Gasteiger partial charge in [0.1, 0.15) is 6.33 Å². The van der Waals surface area contributed by atoms with E-state index >= 15 is 0 Å². The molecule has 3 aromatic rings. The smallest absolute Gasteiger partial charge is 0.319 e. The van der Waals surface area contributed by atoms with Crippen LogP contribution in [-0.4, -0.2) is 15.9 Å². The number of hydrogen-bond donors (Lipinski definition) is 1. The second-order valence-corrected chi connectivity index (χ2v) is 6.59. The molecule has 144 valence electrons. The maximum atomic E-state index is 12.7. The molecule has 4 nitrogen and oxygen atoms in total. The lowest BCUT2D eigenvalue weighted by Crippen LogP contribution is -2.14. The second kappa shape index (κ2) is 7.80. The lowest BCUT2D eigenvalue weighted by atomic mass is 10.0. The molecular weight excluding hydrogens is 367 g/mol. The zero-order valence-corrected chi connectivity index (χ0v) is 15.3. The summed E-state index contributed by atoms with van der Waals surface area (Å²) in [7, 11) is 0. The summed E-state index contributed by atoms with van der Waals surface area (Å²) in [4.78, 5) is 20.8. The van der Waals surface area contributed by atoms with E-state index in [0.717, 1.165) is 17.8 Å². The molecule has 0 saturated carbocycles. The quantitative estimate of drug-likeness (QED) is 0.642. The summed E-state index contributed by atoms with van der Waals surface area (Å²) < 4.78 is 38.2. The third-order valence-electron chi connectivity index (χ3n) is 4.21. The highest BCUT2D eigenvalue weighted by Gasteiger charge is 2.30. The Morgan fingerprint density at radius 2 is 1.75 bits per heavy atom. The third-order valence-corrected chi connectivity index (χ3v) is 4.21. The number of alkyl halides is 3. The van der Waals surface area contributed by atoms with Crippen molar-refractivity contribution < 1.29 is 18.0 Å². The van der Waals surface area contributed by atoms with Crippen LogP contribution in [0.3, 0.4) is 0 Å². The highest BCUT2D eigenvalue weighted by molar-refractivity contribution is 6.05. The predicted octanol–water partition coefficient (Wildman–Crippen LogP) is 5.54. The molecule has 1 N–H and O–H groups in total. The average molecular weight is 385 g/mol. The van der Waals surface area contributed by atoms with Crippen LogP contribution < -0.4 is 5.32 Å². The number of halogens is 3. The van der Waals surface area contributed by atoms with Crippen LogP contribution in [0.1, 0.15) is 41.4 Å². The molecular formula is C21H18F3N3O. The van der Waals surface area contributed by atoms with Crippen LogP contribution in [-0.2, 0) is 6.18 Å². The fraction of sp³-hybridized carbons (Fsp3) is 0.190. The van der Waals surface area contributed by atoms with Gasteiger partial charge >= 0.3 is 6.18 Å². The highest BCUT2D eigenvalue weighted by Crippen LogP contribution is 2.31. The van der Waals surface area contributed by atoms with Crippen molar-refractivity contribution in [1.29, 1.82) is 0 Å². The van der Waals surface area contributed by atoms with E-state index in [1.54, 1.807) is 30.5 Å². The lowest BCUT2D eigenvalue weighted by molar-refractivity contribution is -0.137. The molecule has 1 aromatic heterocycles. The van der Waals surface area contributed by atoms with Crippen molar-refractivity contribution in [3.8, 4) is 11.1 Å². The minimum Gasteiger partial charge on any atom is -0.319 e. The Bertz CT molecular complexity index is 983. The first-order valence-corrected chi connectivity index (χ1v) is 8.64. The number of benzene rings is 2. The van der Waals surface area contributed by atoms with Crippen LogP contribution in [0.25, 0.3) is 11.1 Å². The maximum absolute atomic E-state index is 12.7. The average Bonchev–Trinajstić information content (AvgIpc) is 2.68. The van der Waals surface area contributed by atoms with Crippen molar-refractivity contribution in [2.45, 2.75) is 25.9 Å². The number of nitrogens with zero attached hydrogens (tertiary/aromatic N) is 2. The molecule has 0 saturated heterocycles. The number of anilines is 1. The minimum absolute atomic E-state index is 0.108. The molecule has 0 aliphatic heterocycles. The fourth-order valence-electron chi connectivity index (χ4n) is 2.78. The zero-order chi connectivity index (χ0) is 20.3. The number of carbonyl (C=O) groups is 1. The summed E-state index contributed by atoms with van der Waals surface area (Å²) >= 11 is 0. The van der Waals surface area contributed by atoms with Crippen molar-refractivity contribution in [3.05, 3.63) is 77.9 Å². The molecule has 1 heterocycles.